The summed E-state index contributed by atoms with van der Waals surface area (Å²) < 4.78 is 20.8. The summed E-state index contributed by atoms with van der Waals surface area (Å²) in [5.41, 5.74) is -0.610. The van der Waals surface area contributed by atoms with Crippen molar-refractivity contribution in [1.82, 2.24) is 19.4 Å². The van der Waals surface area contributed by atoms with Crippen molar-refractivity contribution in [2.75, 3.05) is 4.83 Å². The van der Waals surface area contributed by atoms with Crippen LogP contribution >= 0.6 is 0 Å². The lowest BCUT2D eigenvalue weighted by Gasteiger charge is -1.98. The van der Waals surface area contributed by atoms with Crippen LogP contribution in [-0.2, 0) is 11.3 Å². The average Bonchev–Trinajstić information content (AvgIpc) is 2.61. The summed E-state index contributed by atoms with van der Waals surface area (Å²) in [7, 11) is 0. The Morgan fingerprint density at radius 2 is 2.25 bits per heavy atom. The Kier molecular flexibility index (Phi) is 2.79. The number of pyridine rings is 1. The van der Waals surface area contributed by atoms with Crippen molar-refractivity contribution in [3.05, 3.63) is 41.2 Å². The van der Waals surface area contributed by atoms with Crippen LogP contribution in [-0.4, -0.2) is 28.2 Å². The Bertz CT molecular complexity index is 563. The Morgan fingerprint density at radius 3 is 2.88 bits per heavy atom. The van der Waals surface area contributed by atoms with Crippen molar-refractivity contribution in [2.24, 2.45) is 0 Å². The van der Waals surface area contributed by atoms with Crippen molar-refractivity contribution in [2.45, 2.75) is 0 Å². The molecular weight excluding hydrogens is 234 g/mol. The number of hydrogen-bond acceptors (Lipinski definition) is 4. The van der Waals surface area contributed by atoms with Crippen molar-refractivity contribution in [3.63, 3.8) is 0 Å². The van der Waals surface area contributed by atoms with Crippen LogP contribution in [0.2, 0.25) is 0 Å². The Balaban J connectivity index is 2.42. The van der Waals surface area contributed by atoms with Crippen molar-refractivity contribution < 1.29 is 8.76 Å². The summed E-state index contributed by atoms with van der Waals surface area (Å²) in [5, 5.41) is 3.74. The molecule has 0 saturated carbocycles. The van der Waals surface area contributed by atoms with Crippen LogP contribution in [0, 0.1) is 0 Å². The second kappa shape index (κ2) is 4.24. The van der Waals surface area contributed by atoms with E-state index in [2.05, 4.69) is 10.1 Å². The Morgan fingerprint density at radius 1 is 1.44 bits per heavy atom. The first kappa shape index (κ1) is 10.5. The monoisotopic (exact) mass is 241 g/mol. The van der Waals surface area contributed by atoms with Gasteiger partial charge in [0, 0.05) is 6.20 Å². The van der Waals surface area contributed by atoms with E-state index in [-0.39, 0.29) is 0 Å². The number of aromatic nitrogens is 4. The molecule has 0 spiro atoms. The van der Waals surface area contributed by atoms with Gasteiger partial charge in [0.1, 0.15) is 6.33 Å². The lowest BCUT2D eigenvalue weighted by Crippen LogP contribution is -2.31. The van der Waals surface area contributed by atoms with E-state index in [1.54, 1.807) is 18.2 Å². The zero-order chi connectivity index (χ0) is 11.5. The van der Waals surface area contributed by atoms with E-state index in [1.165, 1.54) is 6.20 Å². The molecule has 0 aliphatic heterocycles. The van der Waals surface area contributed by atoms with Crippen LogP contribution in [0.15, 0.2) is 35.5 Å². The molecule has 0 fully saturated rings. The first-order chi connectivity index (χ1) is 7.68. The Hall–Kier alpha value is -2.00. The van der Waals surface area contributed by atoms with Crippen LogP contribution in [0.25, 0.3) is 5.82 Å². The first-order valence-electron chi connectivity index (χ1n) is 4.14. The summed E-state index contributed by atoms with van der Waals surface area (Å²) in [5.74, 6) is 0.330. The third kappa shape index (κ3) is 1.99. The maximum Gasteiger partial charge on any atom is 0.371 e. The average molecular weight is 241 g/mol. The van der Waals surface area contributed by atoms with Gasteiger partial charge in [-0.1, -0.05) is 6.07 Å². The molecule has 2 heterocycles. The van der Waals surface area contributed by atoms with E-state index in [0.29, 0.717) is 5.82 Å². The van der Waals surface area contributed by atoms with Gasteiger partial charge >= 0.3 is 5.69 Å². The molecule has 84 valence electrons. The van der Waals surface area contributed by atoms with Gasteiger partial charge < -0.3 is 0 Å². The van der Waals surface area contributed by atoms with E-state index < -0.39 is 17.0 Å². The molecule has 2 rings (SSSR count). The highest BCUT2D eigenvalue weighted by molar-refractivity contribution is 7.80. The van der Waals surface area contributed by atoms with Crippen LogP contribution in [0.1, 0.15) is 0 Å². The van der Waals surface area contributed by atoms with Gasteiger partial charge in [-0.3, -0.25) is 4.55 Å². The predicted octanol–water partition coefficient (Wildman–Crippen LogP) is -0.891. The van der Waals surface area contributed by atoms with E-state index in [0.717, 1.165) is 15.7 Å². The van der Waals surface area contributed by atoms with Gasteiger partial charge in [0.25, 0.3) is 11.3 Å². The molecule has 0 amide bonds. The molecule has 0 saturated heterocycles. The van der Waals surface area contributed by atoms with Crippen molar-refractivity contribution in [3.8, 4) is 5.82 Å². The molecule has 2 N–H and O–H groups in total. The second-order valence-electron chi connectivity index (χ2n) is 2.72. The highest BCUT2D eigenvalue weighted by atomic mass is 32.2. The van der Waals surface area contributed by atoms with Crippen LogP contribution < -0.4 is 10.5 Å². The van der Waals surface area contributed by atoms with Gasteiger partial charge in [0.2, 0.25) is 0 Å². The molecular formula is C7H7N5O3S. The SMILES string of the molecule is O=c1n(NS(=O)O)cnn1-c1ccccn1. The molecule has 1 atom stereocenters. The zero-order valence-corrected chi connectivity index (χ0v) is 8.66. The molecule has 0 aliphatic carbocycles. The third-order valence-corrected chi connectivity index (χ3v) is 2.07. The highest BCUT2D eigenvalue weighted by Gasteiger charge is 2.07. The maximum absolute atomic E-state index is 11.6. The van der Waals surface area contributed by atoms with Gasteiger partial charge in [0.15, 0.2) is 5.82 Å². The fourth-order valence-corrected chi connectivity index (χ4v) is 1.38. The highest BCUT2D eigenvalue weighted by Crippen LogP contribution is 1.95. The number of rotatable bonds is 3. The smallest absolute Gasteiger partial charge is 0.288 e. The fraction of sp³-hybridized carbons (Fsp3) is 0. The van der Waals surface area contributed by atoms with Crippen LogP contribution in [0.5, 0.6) is 0 Å². The van der Waals surface area contributed by atoms with Crippen LogP contribution in [0.4, 0.5) is 0 Å². The molecule has 0 aromatic carbocycles. The molecule has 1 unspecified atom stereocenters. The largest absolute Gasteiger partial charge is 0.371 e. The minimum atomic E-state index is -2.33. The van der Waals surface area contributed by atoms with Crippen molar-refractivity contribution >= 4 is 11.3 Å². The lowest BCUT2D eigenvalue weighted by atomic mass is 10.5. The molecule has 16 heavy (non-hydrogen) atoms. The van der Waals surface area contributed by atoms with Gasteiger partial charge in [-0.25, -0.2) is 18.8 Å². The van der Waals surface area contributed by atoms with Crippen molar-refractivity contribution in [1.29, 1.82) is 0 Å². The Labute approximate surface area is 91.9 Å². The molecule has 2 aromatic rings. The normalized spacial score (nSPS) is 12.3. The van der Waals surface area contributed by atoms with E-state index in [1.807, 2.05) is 4.83 Å². The summed E-state index contributed by atoms with van der Waals surface area (Å²) in [6.45, 7) is 0. The molecule has 2 aromatic heterocycles. The lowest BCUT2D eigenvalue weighted by molar-refractivity contribution is 0.563. The molecule has 0 radical (unpaired) electrons. The number of nitrogens with zero attached hydrogens (tertiary/aromatic N) is 4. The fourth-order valence-electron chi connectivity index (χ4n) is 1.09. The minimum Gasteiger partial charge on any atom is -0.288 e. The minimum absolute atomic E-state index is 0.330. The quantitative estimate of drug-likeness (QED) is 0.679. The maximum atomic E-state index is 11.6. The zero-order valence-electron chi connectivity index (χ0n) is 7.85. The number of nitrogens with one attached hydrogen (secondary N) is 1. The topological polar surface area (TPSA) is 102 Å². The standard InChI is InChI=1S/C7H7N5O3S/c13-7-11(10-16(14)15)5-9-12(7)6-3-1-2-4-8-6/h1-5,10H,(H,14,15). The van der Waals surface area contributed by atoms with Crippen LogP contribution in [0.3, 0.4) is 0 Å². The summed E-state index contributed by atoms with van der Waals surface area (Å²) in [4.78, 5) is 17.5. The molecule has 0 bridgehead atoms. The van der Waals surface area contributed by atoms with E-state index >= 15 is 0 Å². The van der Waals surface area contributed by atoms with Gasteiger partial charge in [-0.2, -0.15) is 9.36 Å². The predicted molar refractivity (Wildman–Crippen MR) is 55.8 cm³/mol. The second-order valence-corrected chi connectivity index (χ2v) is 3.40. The summed E-state index contributed by atoms with van der Waals surface area (Å²) in [6.07, 6.45) is 2.60. The van der Waals surface area contributed by atoms with Gasteiger partial charge in [0.05, 0.1) is 0 Å². The third-order valence-electron chi connectivity index (χ3n) is 1.71. The van der Waals surface area contributed by atoms with E-state index in [9.17, 15) is 9.00 Å². The van der Waals surface area contributed by atoms with E-state index in [4.69, 9.17) is 4.55 Å². The molecule has 0 aliphatic rings. The molecule has 8 nitrogen and oxygen atoms in total. The summed E-state index contributed by atoms with van der Waals surface area (Å²) in [6, 6.07) is 4.99. The number of hydrogen-bond donors (Lipinski definition) is 2. The first-order valence-corrected chi connectivity index (χ1v) is 5.25. The van der Waals surface area contributed by atoms with Gasteiger partial charge in [-0.15, -0.1) is 5.10 Å². The summed E-state index contributed by atoms with van der Waals surface area (Å²) >= 11 is -2.33. The van der Waals surface area contributed by atoms with Gasteiger partial charge in [-0.05, 0) is 12.1 Å². The molecule has 9 heteroatoms.